The van der Waals surface area contributed by atoms with Gasteiger partial charge in [0.25, 0.3) is 0 Å². The highest BCUT2D eigenvalue weighted by Crippen LogP contribution is 2.30. The molecule has 0 aromatic heterocycles. The Kier molecular flexibility index (Phi) is 9.01. The summed E-state index contributed by atoms with van der Waals surface area (Å²) in [5, 5.41) is 9.58. The van der Waals surface area contributed by atoms with Crippen LogP contribution in [0.4, 0.5) is 0 Å². The standard InChI is InChI=1S/C29H31ClN2O2/c30-27-13-11-26(12-14-27)29(25-7-2-1-3-8-25)32-19-17-31(18-20-32)21-23-34-28-15-9-24(10-16-28)6-4-5-22-33/h1-3,7-16,29,33H,5,17-23H2. The van der Waals surface area contributed by atoms with Crippen LogP contribution in [-0.2, 0) is 0 Å². The molecule has 0 spiro atoms. The van der Waals surface area contributed by atoms with Crippen LogP contribution in [0.2, 0.25) is 5.02 Å². The maximum atomic E-state index is 8.81. The first-order valence-corrected chi connectivity index (χ1v) is 12.2. The van der Waals surface area contributed by atoms with Gasteiger partial charge in [-0.15, -0.1) is 0 Å². The predicted molar refractivity (Wildman–Crippen MR) is 138 cm³/mol. The average molecular weight is 475 g/mol. The topological polar surface area (TPSA) is 35.9 Å². The molecule has 5 heteroatoms. The predicted octanol–water partition coefficient (Wildman–Crippen LogP) is 4.86. The van der Waals surface area contributed by atoms with E-state index in [0.29, 0.717) is 13.0 Å². The van der Waals surface area contributed by atoms with Crippen LogP contribution >= 0.6 is 11.6 Å². The van der Waals surface area contributed by atoms with Gasteiger partial charge in [0.05, 0.1) is 12.6 Å². The number of aliphatic hydroxyl groups excluding tert-OH is 1. The van der Waals surface area contributed by atoms with Crippen molar-refractivity contribution in [2.75, 3.05) is 45.9 Å². The summed E-state index contributed by atoms with van der Waals surface area (Å²) < 4.78 is 5.96. The Bertz CT molecular complexity index is 1070. The summed E-state index contributed by atoms with van der Waals surface area (Å²) >= 11 is 6.15. The molecule has 1 aliphatic heterocycles. The number of benzene rings is 3. The molecular weight excluding hydrogens is 444 g/mol. The lowest BCUT2D eigenvalue weighted by Gasteiger charge is -2.39. The van der Waals surface area contributed by atoms with Gasteiger partial charge in [0.1, 0.15) is 12.4 Å². The molecule has 4 rings (SSSR count). The zero-order chi connectivity index (χ0) is 23.6. The zero-order valence-corrected chi connectivity index (χ0v) is 20.1. The van der Waals surface area contributed by atoms with Crippen molar-refractivity contribution < 1.29 is 9.84 Å². The maximum Gasteiger partial charge on any atom is 0.119 e. The van der Waals surface area contributed by atoms with Gasteiger partial charge < -0.3 is 9.84 Å². The smallest absolute Gasteiger partial charge is 0.119 e. The van der Waals surface area contributed by atoms with Crippen molar-refractivity contribution in [2.24, 2.45) is 0 Å². The van der Waals surface area contributed by atoms with Crippen molar-refractivity contribution in [1.29, 1.82) is 0 Å². The van der Waals surface area contributed by atoms with Crippen LogP contribution in [-0.4, -0.2) is 60.8 Å². The number of hydrogen-bond acceptors (Lipinski definition) is 4. The summed E-state index contributed by atoms with van der Waals surface area (Å²) in [6.45, 7) is 5.69. The number of nitrogens with zero attached hydrogens (tertiary/aromatic N) is 2. The molecule has 1 unspecified atom stereocenters. The Hall–Kier alpha value is -2.81. The van der Waals surface area contributed by atoms with Gasteiger partial charge in [-0.1, -0.05) is 65.9 Å². The largest absolute Gasteiger partial charge is 0.492 e. The Balaban J connectivity index is 1.29. The molecule has 0 bridgehead atoms. The number of aliphatic hydroxyl groups is 1. The van der Waals surface area contributed by atoms with Crippen molar-refractivity contribution in [1.82, 2.24) is 9.80 Å². The molecule has 1 fully saturated rings. The number of ether oxygens (including phenoxy) is 1. The van der Waals surface area contributed by atoms with E-state index in [4.69, 9.17) is 21.4 Å². The molecule has 1 N–H and O–H groups in total. The van der Waals surface area contributed by atoms with Crippen molar-refractivity contribution in [3.63, 3.8) is 0 Å². The van der Waals surface area contributed by atoms with Gasteiger partial charge in [-0.3, -0.25) is 9.80 Å². The van der Waals surface area contributed by atoms with E-state index < -0.39 is 0 Å². The molecule has 1 aliphatic rings. The fourth-order valence-electron chi connectivity index (χ4n) is 4.29. The van der Waals surface area contributed by atoms with E-state index in [1.54, 1.807) is 0 Å². The van der Waals surface area contributed by atoms with Gasteiger partial charge in [0.15, 0.2) is 0 Å². The van der Waals surface area contributed by atoms with Gasteiger partial charge in [0, 0.05) is 49.7 Å². The molecule has 1 atom stereocenters. The summed E-state index contributed by atoms with van der Waals surface area (Å²) in [7, 11) is 0. The second kappa shape index (κ2) is 12.6. The summed E-state index contributed by atoms with van der Waals surface area (Å²) in [6.07, 6.45) is 0.497. The minimum absolute atomic E-state index is 0.0937. The SMILES string of the molecule is OCCC#Cc1ccc(OCCN2CCN(C(c3ccccc3)c3ccc(Cl)cc3)CC2)cc1. The monoisotopic (exact) mass is 474 g/mol. The molecule has 4 nitrogen and oxygen atoms in total. The van der Waals surface area contributed by atoms with Crippen LogP contribution in [0.1, 0.15) is 29.2 Å². The minimum atomic E-state index is 0.0937. The van der Waals surface area contributed by atoms with Gasteiger partial charge in [-0.25, -0.2) is 0 Å². The molecule has 3 aromatic rings. The summed E-state index contributed by atoms with van der Waals surface area (Å²) in [5.74, 6) is 6.83. The van der Waals surface area contributed by atoms with Crippen LogP contribution in [0, 0.1) is 11.8 Å². The number of rotatable bonds is 8. The van der Waals surface area contributed by atoms with Crippen molar-refractivity contribution in [2.45, 2.75) is 12.5 Å². The Labute approximate surface area is 207 Å². The van der Waals surface area contributed by atoms with Gasteiger partial charge >= 0.3 is 0 Å². The molecule has 1 saturated heterocycles. The van der Waals surface area contributed by atoms with Gasteiger partial charge in [-0.05, 0) is 47.5 Å². The molecule has 1 heterocycles. The molecule has 0 amide bonds. The summed E-state index contributed by atoms with van der Waals surface area (Å²) in [6, 6.07) is 27.0. The van der Waals surface area contributed by atoms with Crippen LogP contribution in [0.5, 0.6) is 5.75 Å². The first-order valence-electron chi connectivity index (χ1n) is 11.8. The van der Waals surface area contributed by atoms with E-state index in [2.05, 4.69) is 64.1 Å². The molecule has 0 radical (unpaired) electrons. The van der Waals surface area contributed by atoms with Crippen molar-refractivity contribution >= 4 is 11.6 Å². The van der Waals surface area contributed by atoms with Crippen LogP contribution in [0.3, 0.4) is 0 Å². The fourth-order valence-corrected chi connectivity index (χ4v) is 4.41. The first kappa shape index (κ1) is 24.3. The van der Waals surface area contributed by atoms with Gasteiger partial charge in [-0.2, -0.15) is 0 Å². The molecule has 34 heavy (non-hydrogen) atoms. The fraction of sp³-hybridized carbons (Fsp3) is 0.310. The Morgan fingerprint density at radius 1 is 0.853 bits per heavy atom. The Morgan fingerprint density at radius 3 is 2.21 bits per heavy atom. The van der Waals surface area contributed by atoms with E-state index in [1.165, 1.54) is 11.1 Å². The highest BCUT2D eigenvalue weighted by molar-refractivity contribution is 6.30. The molecule has 3 aromatic carbocycles. The van der Waals surface area contributed by atoms with Crippen LogP contribution in [0.15, 0.2) is 78.9 Å². The zero-order valence-electron chi connectivity index (χ0n) is 19.4. The lowest BCUT2D eigenvalue weighted by atomic mass is 9.96. The number of piperazine rings is 1. The molecule has 0 saturated carbocycles. The normalized spacial score (nSPS) is 15.4. The lowest BCUT2D eigenvalue weighted by Crippen LogP contribution is -2.48. The van der Waals surface area contributed by atoms with Crippen LogP contribution < -0.4 is 4.74 Å². The average Bonchev–Trinajstić information content (AvgIpc) is 2.88. The highest BCUT2D eigenvalue weighted by atomic mass is 35.5. The van der Waals surface area contributed by atoms with E-state index in [9.17, 15) is 0 Å². The second-order valence-corrected chi connectivity index (χ2v) is 8.83. The minimum Gasteiger partial charge on any atom is -0.492 e. The third-order valence-electron chi connectivity index (χ3n) is 6.07. The van der Waals surface area contributed by atoms with Crippen LogP contribution in [0.25, 0.3) is 0 Å². The summed E-state index contributed by atoms with van der Waals surface area (Å²) in [5.41, 5.74) is 3.52. The van der Waals surface area contributed by atoms with Gasteiger partial charge in [0.2, 0.25) is 0 Å². The lowest BCUT2D eigenvalue weighted by molar-refractivity contribution is 0.0977. The van der Waals surface area contributed by atoms with Crippen molar-refractivity contribution in [3.05, 3.63) is 101 Å². The Morgan fingerprint density at radius 2 is 1.53 bits per heavy atom. The third-order valence-corrected chi connectivity index (χ3v) is 6.33. The van der Waals surface area contributed by atoms with E-state index in [1.807, 2.05) is 36.4 Å². The number of hydrogen-bond donors (Lipinski definition) is 1. The third kappa shape index (κ3) is 6.85. The molecule has 176 valence electrons. The number of halogens is 1. The van der Waals surface area contributed by atoms with E-state index in [-0.39, 0.29) is 12.6 Å². The first-order chi connectivity index (χ1) is 16.7. The van der Waals surface area contributed by atoms with Crippen molar-refractivity contribution in [3.8, 4) is 17.6 Å². The van der Waals surface area contributed by atoms with E-state index in [0.717, 1.165) is 49.1 Å². The summed E-state index contributed by atoms with van der Waals surface area (Å²) in [4.78, 5) is 5.03. The molecular formula is C29H31ClN2O2. The maximum absolute atomic E-state index is 8.81. The highest BCUT2D eigenvalue weighted by Gasteiger charge is 2.26. The quantitative estimate of drug-likeness (QED) is 0.473. The van der Waals surface area contributed by atoms with E-state index >= 15 is 0 Å². The molecule has 0 aliphatic carbocycles. The second-order valence-electron chi connectivity index (χ2n) is 8.39.